The zero-order valence-corrected chi connectivity index (χ0v) is 12.6. The molecular weight excluding hydrogens is 274 g/mol. The van der Waals surface area contributed by atoms with Gasteiger partial charge in [0.05, 0.1) is 12.3 Å². The fourth-order valence-corrected chi connectivity index (χ4v) is 2.25. The van der Waals surface area contributed by atoms with Crippen LogP contribution in [0.15, 0.2) is 41.0 Å². The fraction of sp³-hybridized carbons (Fsp3) is 0.375. The molecular formula is C16H20ClNO2. The second-order valence-corrected chi connectivity index (χ2v) is 5.05. The van der Waals surface area contributed by atoms with Crippen LogP contribution in [0.1, 0.15) is 31.2 Å². The number of halogens is 1. The monoisotopic (exact) mass is 293 g/mol. The molecule has 4 heteroatoms. The lowest BCUT2D eigenvalue weighted by Crippen LogP contribution is -2.24. The lowest BCUT2D eigenvalue weighted by atomic mass is 10.1. The van der Waals surface area contributed by atoms with E-state index in [1.54, 1.807) is 6.26 Å². The van der Waals surface area contributed by atoms with E-state index in [2.05, 4.69) is 19.2 Å². The summed E-state index contributed by atoms with van der Waals surface area (Å²) in [5.41, 5.74) is 1.11. The molecule has 20 heavy (non-hydrogen) atoms. The summed E-state index contributed by atoms with van der Waals surface area (Å²) < 4.78 is 11.1. The molecule has 0 aliphatic rings. The summed E-state index contributed by atoms with van der Waals surface area (Å²) in [5.74, 6) is 1.79. The maximum Gasteiger partial charge on any atom is 0.120 e. The van der Waals surface area contributed by atoms with Gasteiger partial charge in [0.1, 0.15) is 18.1 Å². The minimum Gasteiger partial charge on any atom is -0.492 e. The maximum absolute atomic E-state index is 6.08. The zero-order chi connectivity index (χ0) is 14.4. The zero-order valence-electron chi connectivity index (χ0n) is 11.9. The van der Waals surface area contributed by atoms with Crippen molar-refractivity contribution in [2.24, 2.45) is 0 Å². The molecule has 0 aliphatic heterocycles. The molecule has 1 aromatic carbocycles. The Hall–Kier alpha value is -1.45. The van der Waals surface area contributed by atoms with Crippen LogP contribution in [0, 0.1) is 0 Å². The van der Waals surface area contributed by atoms with Crippen LogP contribution in [0.3, 0.4) is 0 Å². The first-order valence-electron chi connectivity index (χ1n) is 6.88. The van der Waals surface area contributed by atoms with E-state index in [0.717, 1.165) is 35.1 Å². The first kappa shape index (κ1) is 14.9. The molecule has 2 rings (SSSR count). The summed E-state index contributed by atoms with van der Waals surface area (Å²) >= 11 is 6.08. The van der Waals surface area contributed by atoms with Crippen molar-refractivity contribution < 1.29 is 9.15 Å². The van der Waals surface area contributed by atoms with E-state index in [-0.39, 0.29) is 6.04 Å². The van der Waals surface area contributed by atoms with Gasteiger partial charge >= 0.3 is 0 Å². The SMILES string of the molecule is CCc1cc(OCCNC(C)c2ccco2)ccc1Cl. The van der Waals surface area contributed by atoms with Crippen molar-refractivity contribution in [3.05, 3.63) is 52.9 Å². The summed E-state index contributed by atoms with van der Waals surface area (Å²) in [7, 11) is 0. The van der Waals surface area contributed by atoms with Crippen molar-refractivity contribution in [1.29, 1.82) is 0 Å². The van der Waals surface area contributed by atoms with Crippen LogP contribution in [0.5, 0.6) is 5.75 Å². The summed E-state index contributed by atoms with van der Waals surface area (Å²) in [6.45, 7) is 5.51. The van der Waals surface area contributed by atoms with E-state index in [1.807, 2.05) is 30.3 Å². The highest BCUT2D eigenvalue weighted by molar-refractivity contribution is 6.31. The molecule has 1 N–H and O–H groups in total. The van der Waals surface area contributed by atoms with Gasteiger partial charge in [0.25, 0.3) is 0 Å². The van der Waals surface area contributed by atoms with Crippen molar-refractivity contribution in [3.8, 4) is 5.75 Å². The smallest absolute Gasteiger partial charge is 0.120 e. The molecule has 0 bridgehead atoms. The third kappa shape index (κ3) is 4.02. The number of hydrogen-bond acceptors (Lipinski definition) is 3. The largest absolute Gasteiger partial charge is 0.492 e. The van der Waals surface area contributed by atoms with E-state index < -0.39 is 0 Å². The minimum atomic E-state index is 0.185. The van der Waals surface area contributed by atoms with Gasteiger partial charge in [-0.25, -0.2) is 0 Å². The van der Waals surface area contributed by atoms with Crippen LogP contribution < -0.4 is 10.1 Å². The number of benzene rings is 1. The number of nitrogens with one attached hydrogen (secondary N) is 1. The molecule has 1 atom stereocenters. The van der Waals surface area contributed by atoms with Crippen LogP contribution in [-0.4, -0.2) is 13.2 Å². The Bertz CT molecular complexity index is 525. The van der Waals surface area contributed by atoms with E-state index in [0.29, 0.717) is 6.61 Å². The molecule has 108 valence electrons. The molecule has 2 aromatic rings. The van der Waals surface area contributed by atoms with Gasteiger partial charge in [0, 0.05) is 11.6 Å². The molecule has 1 aromatic heterocycles. The normalized spacial score (nSPS) is 12.3. The second kappa shape index (κ2) is 7.36. The van der Waals surface area contributed by atoms with Crippen molar-refractivity contribution in [3.63, 3.8) is 0 Å². The summed E-state index contributed by atoms with van der Waals surface area (Å²) in [4.78, 5) is 0. The molecule has 0 fully saturated rings. The quantitative estimate of drug-likeness (QED) is 0.776. The number of furan rings is 1. The Balaban J connectivity index is 1.76. The predicted octanol–water partition coefficient (Wildman–Crippen LogP) is 4.23. The molecule has 0 aliphatic carbocycles. The van der Waals surface area contributed by atoms with Gasteiger partial charge in [-0.15, -0.1) is 0 Å². The van der Waals surface area contributed by atoms with Crippen molar-refractivity contribution in [2.75, 3.05) is 13.2 Å². The van der Waals surface area contributed by atoms with Gasteiger partial charge in [0.2, 0.25) is 0 Å². The van der Waals surface area contributed by atoms with Crippen molar-refractivity contribution in [2.45, 2.75) is 26.3 Å². The van der Waals surface area contributed by atoms with Crippen LogP contribution in [0.25, 0.3) is 0 Å². The van der Waals surface area contributed by atoms with E-state index in [4.69, 9.17) is 20.8 Å². The highest BCUT2D eigenvalue weighted by Crippen LogP contribution is 2.22. The van der Waals surface area contributed by atoms with Crippen molar-refractivity contribution >= 4 is 11.6 Å². The summed E-state index contributed by atoms with van der Waals surface area (Å²) in [6.07, 6.45) is 2.59. The first-order chi connectivity index (χ1) is 9.70. The molecule has 1 unspecified atom stereocenters. The molecule has 0 amide bonds. The summed E-state index contributed by atoms with van der Waals surface area (Å²) in [5, 5.41) is 4.15. The predicted molar refractivity (Wildman–Crippen MR) is 81.5 cm³/mol. The Labute approximate surface area is 124 Å². The lowest BCUT2D eigenvalue weighted by Gasteiger charge is -2.12. The van der Waals surface area contributed by atoms with E-state index >= 15 is 0 Å². The molecule has 1 heterocycles. The molecule has 0 saturated heterocycles. The van der Waals surface area contributed by atoms with Crippen LogP contribution in [0.4, 0.5) is 0 Å². The molecule has 0 saturated carbocycles. The van der Waals surface area contributed by atoms with Gasteiger partial charge in [-0.2, -0.15) is 0 Å². The van der Waals surface area contributed by atoms with Gasteiger partial charge < -0.3 is 14.5 Å². The Morgan fingerprint density at radius 3 is 2.90 bits per heavy atom. The van der Waals surface area contributed by atoms with Crippen LogP contribution in [-0.2, 0) is 6.42 Å². The van der Waals surface area contributed by atoms with E-state index in [1.165, 1.54) is 0 Å². The average molecular weight is 294 g/mol. The van der Waals surface area contributed by atoms with Crippen molar-refractivity contribution in [1.82, 2.24) is 5.32 Å². The third-order valence-electron chi connectivity index (χ3n) is 3.19. The van der Waals surface area contributed by atoms with Gasteiger partial charge in [0.15, 0.2) is 0 Å². The first-order valence-corrected chi connectivity index (χ1v) is 7.26. The number of hydrogen-bond donors (Lipinski definition) is 1. The highest BCUT2D eigenvalue weighted by Gasteiger charge is 2.06. The third-order valence-corrected chi connectivity index (χ3v) is 3.56. The van der Waals surface area contributed by atoms with E-state index in [9.17, 15) is 0 Å². The fourth-order valence-electron chi connectivity index (χ4n) is 1.99. The Morgan fingerprint density at radius 1 is 1.35 bits per heavy atom. The average Bonchev–Trinajstić information content (AvgIpc) is 2.99. The number of ether oxygens (including phenoxy) is 1. The minimum absolute atomic E-state index is 0.185. The Kier molecular flexibility index (Phi) is 5.50. The van der Waals surface area contributed by atoms with Gasteiger partial charge in [-0.05, 0) is 49.2 Å². The molecule has 0 radical (unpaired) electrons. The topological polar surface area (TPSA) is 34.4 Å². The highest BCUT2D eigenvalue weighted by atomic mass is 35.5. The van der Waals surface area contributed by atoms with Gasteiger partial charge in [-0.1, -0.05) is 18.5 Å². The summed E-state index contributed by atoms with van der Waals surface area (Å²) in [6, 6.07) is 9.82. The van der Waals surface area contributed by atoms with Gasteiger partial charge in [-0.3, -0.25) is 0 Å². The second-order valence-electron chi connectivity index (χ2n) is 4.65. The lowest BCUT2D eigenvalue weighted by molar-refractivity contribution is 0.301. The van der Waals surface area contributed by atoms with Crippen LogP contribution in [0.2, 0.25) is 5.02 Å². The van der Waals surface area contributed by atoms with Crippen LogP contribution >= 0.6 is 11.6 Å². The number of rotatable bonds is 7. The molecule has 3 nitrogen and oxygen atoms in total. The Morgan fingerprint density at radius 2 is 2.20 bits per heavy atom. The molecule has 0 spiro atoms. The standard InChI is InChI=1S/C16H20ClNO2/c1-3-13-11-14(6-7-15(13)17)19-10-8-18-12(2)16-5-4-9-20-16/h4-7,9,11-12,18H,3,8,10H2,1-2H3. The number of aryl methyl sites for hydroxylation is 1. The maximum atomic E-state index is 6.08.